The van der Waals surface area contributed by atoms with Gasteiger partial charge in [0.05, 0.1) is 10.6 Å². The molecule has 0 saturated heterocycles. The molecular weight excluding hydrogens is 273 g/mol. The Labute approximate surface area is 115 Å². The summed E-state index contributed by atoms with van der Waals surface area (Å²) in [5.74, 6) is 0.181. The van der Waals surface area contributed by atoms with Gasteiger partial charge in [-0.05, 0) is 25.1 Å². The summed E-state index contributed by atoms with van der Waals surface area (Å²) in [6.45, 7) is 1.90. The van der Waals surface area contributed by atoms with Crippen LogP contribution < -0.4 is 5.32 Å². The Kier molecular flexibility index (Phi) is 3.59. The first-order valence-electron chi connectivity index (χ1n) is 5.24. The topological polar surface area (TPSA) is 46.9 Å². The van der Waals surface area contributed by atoms with E-state index in [2.05, 4.69) is 10.4 Å². The zero-order valence-electron chi connectivity index (χ0n) is 9.87. The highest BCUT2D eigenvalue weighted by atomic mass is 35.5. The summed E-state index contributed by atoms with van der Waals surface area (Å²) in [5.41, 5.74) is 1.32. The lowest BCUT2D eigenvalue weighted by molar-refractivity contribution is 0.102. The minimum atomic E-state index is -0.310. The Hall–Kier alpha value is -1.52. The molecule has 2 rings (SSSR count). The quantitative estimate of drug-likeness (QED) is 0.919. The standard InChI is InChI=1S/C12H11Cl2N3O/c1-7-5-11(16-17(7)2)15-12(18)9-4-3-8(13)6-10(9)14/h3-6H,1-2H3,(H,15,16,18). The van der Waals surface area contributed by atoms with Gasteiger partial charge in [-0.1, -0.05) is 23.2 Å². The maximum absolute atomic E-state index is 12.0. The molecule has 6 heteroatoms. The predicted molar refractivity (Wildman–Crippen MR) is 72.4 cm³/mol. The highest BCUT2D eigenvalue weighted by Crippen LogP contribution is 2.21. The van der Waals surface area contributed by atoms with E-state index in [0.717, 1.165) is 5.69 Å². The highest BCUT2D eigenvalue weighted by molar-refractivity contribution is 6.37. The Bertz CT molecular complexity index is 588. The smallest absolute Gasteiger partial charge is 0.258 e. The minimum absolute atomic E-state index is 0.310. The molecule has 0 saturated carbocycles. The van der Waals surface area contributed by atoms with Crippen molar-refractivity contribution in [2.75, 3.05) is 5.32 Å². The lowest BCUT2D eigenvalue weighted by atomic mass is 10.2. The van der Waals surface area contributed by atoms with E-state index in [0.29, 0.717) is 21.4 Å². The first-order chi connectivity index (χ1) is 8.47. The number of amides is 1. The number of carbonyl (C=O) groups is 1. The van der Waals surface area contributed by atoms with Crippen molar-refractivity contribution in [3.63, 3.8) is 0 Å². The third-order valence-corrected chi connectivity index (χ3v) is 3.08. The minimum Gasteiger partial charge on any atom is -0.305 e. The molecule has 1 aromatic carbocycles. The first-order valence-corrected chi connectivity index (χ1v) is 6.00. The van der Waals surface area contributed by atoms with Crippen molar-refractivity contribution < 1.29 is 4.79 Å². The Morgan fingerprint density at radius 3 is 2.61 bits per heavy atom. The molecule has 0 aliphatic rings. The van der Waals surface area contributed by atoms with Crippen LogP contribution in [0.1, 0.15) is 16.1 Å². The number of benzene rings is 1. The zero-order valence-corrected chi connectivity index (χ0v) is 11.4. The SMILES string of the molecule is Cc1cc(NC(=O)c2ccc(Cl)cc2Cl)nn1C. The van der Waals surface area contributed by atoms with Crippen molar-refractivity contribution in [2.24, 2.45) is 7.05 Å². The van der Waals surface area contributed by atoms with E-state index in [9.17, 15) is 4.79 Å². The molecule has 94 valence electrons. The second kappa shape index (κ2) is 5.00. The van der Waals surface area contributed by atoms with Crippen LogP contribution in [0.25, 0.3) is 0 Å². The molecule has 0 aliphatic carbocycles. The van der Waals surface area contributed by atoms with Gasteiger partial charge >= 0.3 is 0 Å². The summed E-state index contributed by atoms with van der Waals surface area (Å²) >= 11 is 11.7. The van der Waals surface area contributed by atoms with E-state index in [1.807, 2.05) is 6.92 Å². The van der Waals surface area contributed by atoms with E-state index in [4.69, 9.17) is 23.2 Å². The zero-order chi connectivity index (χ0) is 13.3. The molecule has 0 unspecified atom stereocenters. The number of nitrogens with one attached hydrogen (secondary N) is 1. The van der Waals surface area contributed by atoms with Gasteiger partial charge in [-0.25, -0.2) is 0 Å². The highest BCUT2D eigenvalue weighted by Gasteiger charge is 2.12. The molecule has 0 aliphatic heterocycles. The normalized spacial score (nSPS) is 10.4. The summed E-state index contributed by atoms with van der Waals surface area (Å²) in [6.07, 6.45) is 0. The lowest BCUT2D eigenvalue weighted by Crippen LogP contribution is -2.13. The van der Waals surface area contributed by atoms with Gasteiger partial charge in [0.2, 0.25) is 0 Å². The Morgan fingerprint density at radius 1 is 1.33 bits per heavy atom. The van der Waals surface area contributed by atoms with Crippen LogP contribution in [-0.2, 0) is 7.05 Å². The summed E-state index contributed by atoms with van der Waals surface area (Å²) < 4.78 is 1.68. The van der Waals surface area contributed by atoms with E-state index >= 15 is 0 Å². The largest absolute Gasteiger partial charge is 0.305 e. The number of aryl methyl sites for hydroxylation is 2. The number of carbonyl (C=O) groups excluding carboxylic acids is 1. The van der Waals surface area contributed by atoms with Crippen molar-refractivity contribution in [3.05, 3.63) is 45.6 Å². The fourth-order valence-corrected chi connectivity index (χ4v) is 1.97. The van der Waals surface area contributed by atoms with Gasteiger partial charge in [0, 0.05) is 23.8 Å². The van der Waals surface area contributed by atoms with Crippen LogP contribution in [-0.4, -0.2) is 15.7 Å². The summed E-state index contributed by atoms with van der Waals surface area (Å²) in [4.78, 5) is 12.0. The molecule has 1 amide bonds. The van der Waals surface area contributed by atoms with E-state index < -0.39 is 0 Å². The fourth-order valence-electron chi connectivity index (χ4n) is 1.48. The van der Waals surface area contributed by atoms with Gasteiger partial charge in [-0.15, -0.1) is 0 Å². The number of hydrogen-bond acceptors (Lipinski definition) is 2. The molecular formula is C12H11Cl2N3O. The van der Waals surface area contributed by atoms with Crippen LogP contribution in [0.15, 0.2) is 24.3 Å². The number of rotatable bonds is 2. The maximum Gasteiger partial charge on any atom is 0.258 e. The predicted octanol–water partition coefficient (Wildman–Crippen LogP) is 3.29. The number of anilines is 1. The first kappa shape index (κ1) is 12.9. The monoisotopic (exact) mass is 283 g/mol. The molecule has 0 bridgehead atoms. The van der Waals surface area contributed by atoms with E-state index in [1.54, 1.807) is 29.9 Å². The van der Waals surface area contributed by atoms with Crippen LogP contribution in [0.4, 0.5) is 5.82 Å². The second-order valence-corrected chi connectivity index (χ2v) is 4.72. The van der Waals surface area contributed by atoms with Crippen molar-refractivity contribution in [1.82, 2.24) is 9.78 Å². The maximum atomic E-state index is 12.0. The molecule has 4 nitrogen and oxygen atoms in total. The third-order valence-electron chi connectivity index (χ3n) is 2.53. The Morgan fingerprint density at radius 2 is 2.06 bits per heavy atom. The van der Waals surface area contributed by atoms with Crippen molar-refractivity contribution in [1.29, 1.82) is 0 Å². The molecule has 0 spiro atoms. The lowest BCUT2D eigenvalue weighted by Gasteiger charge is -2.04. The third kappa shape index (κ3) is 2.66. The van der Waals surface area contributed by atoms with E-state index in [1.165, 1.54) is 6.07 Å². The molecule has 2 aromatic rings. The molecule has 1 heterocycles. The summed E-state index contributed by atoms with van der Waals surface area (Å²) in [5, 5.41) is 7.62. The average molecular weight is 284 g/mol. The van der Waals surface area contributed by atoms with Crippen LogP contribution in [0.2, 0.25) is 10.0 Å². The molecule has 1 aromatic heterocycles. The van der Waals surface area contributed by atoms with Crippen molar-refractivity contribution >= 4 is 34.9 Å². The van der Waals surface area contributed by atoms with Gasteiger partial charge < -0.3 is 5.32 Å². The van der Waals surface area contributed by atoms with Gasteiger partial charge in [-0.3, -0.25) is 9.48 Å². The molecule has 1 N–H and O–H groups in total. The fraction of sp³-hybridized carbons (Fsp3) is 0.167. The average Bonchev–Trinajstić information content (AvgIpc) is 2.57. The van der Waals surface area contributed by atoms with Crippen LogP contribution in [0.5, 0.6) is 0 Å². The van der Waals surface area contributed by atoms with Crippen LogP contribution >= 0.6 is 23.2 Å². The number of halogens is 2. The van der Waals surface area contributed by atoms with Gasteiger partial charge in [-0.2, -0.15) is 5.10 Å². The van der Waals surface area contributed by atoms with E-state index in [-0.39, 0.29) is 5.91 Å². The number of aromatic nitrogens is 2. The second-order valence-electron chi connectivity index (χ2n) is 3.87. The van der Waals surface area contributed by atoms with Gasteiger partial charge in [0.1, 0.15) is 0 Å². The van der Waals surface area contributed by atoms with Crippen molar-refractivity contribution in [2.45, 2.75) is 6.92 Å². The van der Waals surface area contributed by atoms with Crippen LogP contribution in [0.3, 0.4) is 0 Å². The Balaban J connectivity index is 2.22. The molecule has 0 atom stereocenters. The molecule has 18 heavy (non-hydrogen) atoms. The van der Waals surface area contributed by atoms with Crippen LogP contribution in [0, 0.1) is 6.92 Å². The summed E-state index contributed by atoms with van der Waals surface area (Å²) in [7, 11) is 1.81. The number of hydrogen-bond donors (Lipinski definition) is 1. The number of nitrogens with zero attached hydrogens (tertiary/aromatic N) is 2. The van der Waals surface area contributed by atoms with Crippen molar-refractivity contribution in [3.8, 4) is 0 Å². The molecule has 0 radical (unpaired) electrons. The summed E-state index contributed by atoms with van der Waals surface area (Å²) in [6, 6.07) is 6.51. The molecule has 0 fully saturated rings. The van der Waals surface area contributed by atoms with Gasteiger partial charge in [0.15, 0.2) is 5.82 Å². The van der Waals surface area contributed by atoms with Gasteiger partial charge in [0.25, 0.3) is 5.91 Å².